The number of ether oxygens (including phenoxy) is 3. The molecule has 0 spiro atoms. The maximum Gasteiger partial charge on any atom is 0.511 e. The minimum atomic E-state index is -0.810. The van der Waals surface area contributed by atoms with Crippen molar-refractivity contribution in [3.05, 3.63) is 0 Å². The van der Waals surface area contributed by atoms with Crippen LogP contribution in [0.4, 0.5) is 4.79 Å². The summed E-state index contributed by atoms with van der Waals surface area (Å²) >= 11 is 0. The van der Waals surface area contributed by atoms with Crippen LogP contribution in [0.2, 0.25) is 0 Å². The fourth-order valence-electron chi connectivity index (χ4n) is 1.21. The van der Waals surface area contributed by atoms with Gasteiger partial charge in [-0.05, 0) is 19.3 Å². The third-order valence-electron chi connectivity index (χ3n) is 1.95. The van der Waals surface area contributed by atoms with Crippen LogP contribution in [0.3, 0.4) is 0 Å². The average Bonchev–Trinajstić information content (AvgIpc) is 2.15. The Morgan fingerprint density at radius 1 is 1.00 bits per heavy atom. The highest BCUT2D eigenvalue weighted by molar-refractivity contribution is 5.71. The zero-order valence-corrected chi connectivity index (χ0v) is 11.2. The second-order valence-corrected chi connectivity index (χ2v) is 4.69. The SMILES string of the molecule is CC(C)CC(C)OC(=O)OCOC(=O)C(C)C. The molecule has 0 radical (unpaired) electrons. The molecular weight excluding hydrogens is 224 g/mol. The lowest BCUT2D eigenvalue weighted by Gasteiger charge is -2.15. The van der Waals surface area contributed by atoms with Crippen LogP contribution < -0.4 is 0 Å². The van der Waals surface area contributed by atoms with Crippen LogP contribution in [0.5, 0.6) is 0 Å². The van der Waals surface area contributed by atoms with Crippen LogP contribution in [-0.4, -0.2) is 25.0 Å². The van der Waals surface area contributed by atoms with Crippen molar-refractivity contribution in [2.75, 3.05) is 6.79 Å². The lowest BCUT2D eigenvalue weighted by atomic mass is 10.1. The summed E-state index contributed by atoms with van der Waals surface area (Å²) < 4.78 is 14.2. The van der Waals surface area contributed by atoms with Gasteiger partial charge in [0, 0.05) is 0 Å². The van der Waals surface area contributed by atoms with Gasteiger partial charge in [-0.25, -0.2) is 4.79 Å². The maximum atomic E-state index is 11.2. The van der Waals surface area contributed by atoms with Crippen LogP contribution in [0.25, 0.3) is 0 Å². The second kappa shape index (κ2) is 7.92. The van der Waals surface area contributed by atoms with E-state index < -0.39 is 18.9 Å². The number of carbonyl (C=O) groups excluding carboxylic acids is 2. The van der Waals surface area contributed by atoms with Gasteiger partial charge in [0.05, 0.1) is 5.92 Å². The van der Waals surface area contributed by atoms with Gasteiger partial charge >= 0.3 is 12.1 Å². The van der Waals surface area contributed by atoms with Gasteiger partial charge in [0.1, 0.15) is 6.10 Å². The Morgan fingerprint density at radius 3 is 2.06 bits per heavy atom. The van der Waals surface area contributed by atoms with Crippen molar-refractivity contribution in [3.8, 4) is 0 Å². The van der Waals surface area contributed by atoms with Crippen LogP contribution in [0.15, 0.2) is 0 Å². The van der Waals surface area contributed by atoms with E-state index in [4.69, 9.17) is 4.74 Å². The lowest BCUT2D eigenvalue weighted by molar-refractivity contribution is -0.157. The fourth-order valence-corrected chi connectivity index (χ4v) is 1.21. The van der Waals surface area contributed by atoms with Crippen LogP contribution >= 0.6 is 0 Å². The number of carbonyl (C=O) groups is 2. The molecule has 0 aromatic carbocycles. The second-order valence-electron chi connectivity index (χ2n) is 4.69. The smallest absolute Gasteiger partial charge is 0.431 e. The lowest BCUT2D eigenvalue weighted by Crippen LogP contribution is -2.21. The molecule has 0 N–H and O–H groups in total. The molecule has 5 nitrogen and oxygen atoms in total. The van der Waals surface area contributed by atoms with Gasteiger partial charge < -0.3 is 14.2 Å². The Hall–Kier alpha value is -1.26. The summed E-state index contributed by atoms with van der Waals surface area (Å²) in [5.74, 6) is -0.209. The molecule has 5 heteroatoms. The molecule has 0 aromatic rings. The Bertz CT molecular complexity index is 247. The Labute approximate surface area is 102 Å². The highest BCUT2D eigenvalue weighted by Gasteiger charge is 2.13. The summed E-state index contributed by atoms with van der Waals surface area (Å²) in [5.41, 5.74) is 0. The molecule has 0 aromatic heterocycles. The molecule has 0 saturated carbocycles. The van der Waals surface area contributed by atoms with E-state index in [1.165, 1.54) is 0 Å². The summed E-state index contributed by atoms with van der Waals surface area (Å²) in [4.78, 5) is 22.2. The Kier molecular flexibility index (Phi) is 7.34. The largest absolute Gasteiger partial charge is 0.511 e. The van der Waals surface area contributed by atoms with Gasteiger partial charge in [-0.3, -0.25) is 4.79 Å². The summed E-state index contributed by atoms with van der Waals surface area (Å²) in [7, 11) is 0. The van der Waals surface area contributed by atoms with Crippen molar-refractivity contribution < 1.29 is 23.8 Å². The first-order valence-corrected chi connectivity index (χ1v) is 5.83. The molecule has 1 unspecified atom stereocenters. The van der Waals surface area contributed by atoms with E-state index in [-0.39, 0.29) is 12.0 Å². The molecule has 0 aliphatic carbocycles. The summed E-state index contributed by atoms with van der Waals surface area (Å²) in [6, 6.07) is 0. The van der Waals surface area contributed by atoms with E-state index in [9.17, 15) is 9.59 Å². The summed E-state index contributed by atoms with van der Waals surface area (Å²) in [5, 5.41) is 0. The molecule has 0 aliphatic rings. The Balaban J connectivity index is 3.70. The van der Waals surface area contributed by atoms with Crippen molar-refractivity contribution in [3.63, 3.8) is 0 Å². The number of esters is 1. The van der Waals surface area contributed by atoms with Crippen molar-refractivity contribution in [2.24, 2.45) is 11.8 Å². The molecule has 0 rings (SSSR count). The molecular formula is C12H22O5. The third kappa shape index (κ3) is 8.54. The minimum Gasteiger partial charge on any atom is -0.431 e. The van der Waals surface area contributed by atoms with E-state index in [0.29, 0.717) is 5.92 Å². The highest BCUT2D eigenvalue weighted by Crippen LogP contribution is 2.08. The quantitative estimate of drug-likeness (QED) is 0.532. The molecule has 0 fully saturated rings. The van der Waals surface area contributed by atoms with Crippen molar-refractivity contribution >= 4 is 12.1 Å². The van der Waals surface area contributed by atoms with Crippen LogP contribution in [-0.2, 0) is 19.0 Å². The first-order chi connectivity index (χ1) is 7.82. The molecule has 0 amide bonds. The van der Waals surface area contributed by atoms with Gasteiger partial charge in [0.25, 0.3) is 0 Å². The maximum absolute atomic E-state index is 11.2. The fraction of sp³-hybridized carbons (Fsp3) is 0.833. The van der Waals surface area contributed by atoms with Crippen LogP contribution in [0.1, 0.15) is 41.0 Å². The predicted octanol–water partition coefficient (Wildman–Crippen LogP) is 2.73. The van der Waals surface area contributed by atoms with Crippen molar-refractivity contribution in [2.45, 2.75) is 47.1 Å². The van der Waals surface area contributed by atoms with E-state index in [0.717, 1.165) is 6.42 Å². The molecule has 0 bridgehead atoms. The molecule has 17 heavy (non-hydrogen) atoms. The normalized spacial score (nSPS) is 12.4. The number of rotatable bonds is 6. The molecule has 0 aliphatic heterocycles. The minimum absolute atomic E-state index is 0.205. The zero-order valence-electron chi connectivity index (χ0n) is 11.2. The Morgan fingerprint density at radius 2 is 1.59 bits per heavy atom. The summed E-state index contributed by atoms with van der Waals surface area (Å²) in [6.45, 7) is 8.87. The summed E-state index contributed by atoms with van der Waals surface area (Å²) in [6.07, 6.45) is -0.251. The van der Waals surface area contributed by atoms with E-state index >= 15 is 0 Å². The monoisotopic (exact) mass is 246 g/mol. The first kappa shape index (κ1) is 15.7. The third-order valence-corrected chi connectivity index (χ3v) is 1.95. The van der Waals surface area contributed by atoms with Gasteiger partial charge in [-0.1, -0.05) is 27.7 Å². The zero-order chi connectivity index (χ0) is 13.4. The van der Waals surface area contributed by atoms with E-state index in [2.05, 4.69) is 9.47 Å². The highest BCUT2D eigenvalue weighted by atomic mass is 16.8. The van der Waals surface area contributed by atoms with Crippen LogP contribution in [0, 0.1) is 11.8 Å². The standard InChI is InChI=1S/C12H22O5/c1-8(2)6-10(5)17-12(14)16-7-15-11(13)9(3)4/h8-10H,6-7H2,1-5H3. The van der Waals surface area contributed by atoms with E-state index in [1.54, 1.807) is 20.8 Å². The van der Waals surface area contributed by atoms with Crippen molar-refractivity contribution in [1.82, 2.24) is 0 Å². The van der Waals surface area contributed by atoms with Gasteiger partial charge in [0.15, 0.2) is 0 Å². The molecule has 1 atom stereocenters. The average molecular weight is 246 g/mol. The van der Waals surface area contributed by atoms with E-state index in [1.807, 2.05) is 13.8 Å². The van der Waals surface area contributed by atoms with Gasteiger partial charge in [-0.2, -0.15) is 0 Å². The van der Waals surface area contributed by atoms with Gasteiger partial charge in [0.2, 0.25) is 6.79 Å². The topological polar surface area (TPSA) is 61.8 Å². The first-order valence-electron chi connectivity index (χ1n) is 5.83. The molecule has 0 heterocycles. The number of hydrogen-bond acceptors (Lipinski definition) is 5. The number of hydrogen-bond donors (Lipinski definition) is 0. The van der Waals surface area contributed by atoms with Crippen molar-refractivity contribution in [1.29, 1.82) is 0 Å². The van der Waals surface area contributed by atoms with Gasteiger partial charge in [-0.15, -0.1) is 0 Å². The predicted molar refractivity (Wildman–Crippen MR) is 62.3 cm³/mol. The molecule has 0 saturated heterocycles. The molecule has 100 valence electrons.